The molecule has 21 heavy (non-hydrogen) atoms. The molecule has 0 saturated carbocycles. The molecule has 2 aromatic rings. The van der Waals surface area contributed by atoms with Crippen LogP contribution in [0.25, 0.3) is 0 Å². The first-order valence-corrected chi connectivity index (χ1v) is 8.57. The maximum absolute atomic E-state index is 11.8. The van der Waals surface area contributed by atoms with Gasteiger partial charge >= 0.3 is 0 Å². The van der Waals surface area contributed by atoms with Crippen LogP contribution in [0.3, 0.4) is 0 Å². The van der Waals surface area contributed by atoms with E-state index in [4.69, 9.17) is 11.6 Å². The SMILES string of the molecule is Cn1cnc(S(=O)(=O)NCCNC(=O)c2ccc(Cl)s2)c1. The third-order valence-electron chi connectivity index (χ3n) is 2.46. The molecule has 0 radical (unpaired) electrons. The fourth-order valence-electron chi connectivity index (χ4n) is 1.49. The summed E-state index contributed by atoms with van der Waals surface area (Å²) in [6, 6.07) is 3.24. The molecule has 2 heterocycles. The molecule has 0 aromatic carbocycles. The molecule has 0 aliphatic carbocycles. The number of aromatic nitrogens is 2. The second-order valence-electron chi connectivity index (χ2n) is 4.13. The Hall–Kier alpha value is -1.42. The summed E-state index contributed by atoms with van der Waals surface area (Å²) in [6.45, 7) is 0.240. The van der Waals surface area contributed by atoms with Crippen LogP contribution in [0.2, 0.25) is 4.34 Å². The summed E-state index contributed by atoms with van der Waals surface area (Å²) in [7, 11) is -1.97. The van der Waals surface area contributed by atoms with Gasteiger partial charge in [-0.2, -0.15) is 0 Å². The van der Waals surface area contributed by atoms with Crippen molar-refractivity contribution in [1.82, 2.24) is 19.6 Å². The van der Waals surface area contributed by atoms with Crippen molar-refractivity contribution in [3.63, 3.8) is 0 Å². The number of nitrogens with zero attached hydrogens (tertiary/aromatic N) is 2. The predicted octanol–water partition coefficient (Wildman–Crippen LogP) is 0.843. The molecule has 7 nitrogen and oxygen atoms in total. The molecule has 0 spiro atoms. The average molecular weight is 349 g/mol. The van der Waals surface area contributed by atoms with Crippen LogP contribution in [-0.2, 0) is 17.1 Å². The van der Waals surface area contributed by atoms with E-state index in [1.165, 1.54) is 17.1 Å². The predicted molar refractivity (Wildman–Crippen MR) is 80.1 cm³/mol. The van der Waals surface area contributed by atoms with Crippen molar-refractivity contribution in [2.24, 2.45) is 7.05 Å². The standard InChI is InChI=1S/C11H13ClN4O3S2/c1-16-6-10(14-7-16)21(18,19)15-5-4-13-11(17)8-2-3-9(12)20-8/h2-3,6-7,15H,4-5H2,1H3,(H,13,17). The monoisotopic (exact) mass is 348 g/mol. The number of halogens is 1. The van der Waals surface area contributed by atoms with E-state index in [1.807, 2.05) is 0 Å². The first-order valence-electron chi connectivity index (χ1n) is 5.89. The summed E-state index contributed by atoms with van der Waals surface area (Å²) in [5, 5.41) is 2.55. The van der Waals surface area contributed by atoms with Gasteiger partial charge < -0.3 is 9.88 Å². The normalized spacial score (nSPS) is 11.5. The van der Waals surface area contributed by atoms with Gasteiger partial charge in [-0.05, 0) is 12.1 Å². The highest BCUT2D eigenvalue weighted by molar-refractivity contribution is 7.89. The largest absolute Gasteiger partial charge is 0.350 e. The topological polar surface area (TPSA) is 93.1 Å². The summed E-state index contributed by atoms with van der Waals surface area (Å²) >= 11 is 6.89. The van der Waals surface area contributed by atoms with Crippen molar-refractivity contribution in [1.29, 1.82) is 0 Å². The molecule has 0 unspecified atom stereocenters. The van der Waals surface area contributed by atoms with E-state index in [-0.39, 0.29) is 24.0 Å². The Labute approximate surface area is 131 Å². The minimum Gasteiger partial charge on any atom is -0.350 e. The van der Waals surface area contributed by atoms with Crippen LogP contribution in [0.5, 0.6) is 0 Å². The molecular formula is C11H13ClN4O3S2. The van der Waals surface area contributed by atoms with Crippen LogP contribution in [-0.4, -0.2) is 37.0 Å². The Bertz CT molecular complexity index is 738. The van der Waals surface area contributed by atoms with Crippen molar-refractivity contribution in [3.8, 4) is 0 Å². The summed E-state index contributed by atoms with van der Waals surface area (Å²) in [4.78, 5) is 15.9. The quantitative estimate of drug-likeness (QED) is 0.757. The minimum absolute atomic E-state index is 0.0543. The van der Waals surface area contributed by atoms with Gasteiger partial charge in [-0.1, -0.05) is 11.6 Å². The molecule has 114 valence electrons. The number of sulfonamides is 1. The van der Waals surface area contributed by atoms with E-state index in [1.54, 1.807) is 19.2 Å². The van der Waals surface area contributed by atoms with Crippen molar-refractivity contribution in [2.75, 3.05) is 13.1 Å². The lowest BCUT2D eigenvalue weighted by atomic mass is 10.4. The molecule has 0 aliphatic heterocycles. The second-order valence-corrected chi connectivity index (χ2v) is 7.56. The Morgan fingerprint density at radius 1 is 1.43 bits per heavy atom. The second kappa shape index (κ2) is 6.56. The van der Waals surface area contributed by atoms with Gasteiger partial charge in [-0.25, -0.2) is 18.1 Å². The van der Waals surface area contributed by atoms with E-state index in [0.717, 1.165) is 11.3 Å². The highest BCUT2D eigenvalue weighted by Gasteiger charge is 2.16. The number of nitrogens with one attached hydrogen (secondary N) is 2. The smallest absolute Gasteiger partial charge is 0.261 e. The molecular weight excluding hydrogens is 336 g/mol. The molecule has 10 heteroatoms. The molecule has 0 bridgehead atoms. The Kier molecular flexibility index (Phi) is 4.99. The zero-order chi connectivity index (χ0) is 15.5. The highest BCUT2D eigenvalue weighted by Crippen LogP contribution is 2.20. The van der Waals surface area contributed by atoms with E-state index < -0.39 is 10.0 Å². The fraction of sp³-hybridized carbons (Fsp3) is 0.273. The number of amides is 1. The van der Waals surface area contributed by atoms with Crippen LogP contribution in [0.4, 0.5) is 0 Å². The summed E-state index contributed by atoms with van der Waals surface area (Å²) in [5.41, 5.74) is 0. The van der Waals surface area contributed by atoms with Gasteiger partial charge in [0.05, 0.1) is 15.5 Å². The average Bonchev–Trinajstić information content (AvgIpc) is 3.03. The zero-order valence-corrected chi connectivity index (χ0v) is 13.4. The fourth-order valence-corrected chi connectivity index (χ4v) is 3.46. The third kappa shape index (κ3) is 4.27. The van der Waals surface area contributed by atoms with Crippen molar-refractivity contribution >= 4 is 38.9 Å². The molecule has 0 fully saturated rings. The summed E-state index contributed by atoms with van der Waals surface area (Å²) < 4.78 is 28.1. The van der Waals surface area contributed by atoms with Gasteiger partial charge in [0.25, 0.3) is 15.9 Å². The van der Waals surface area contributed by atoms with Gasteiger partial charge in [0.1, 0.15) is 0 Å². The number of aryl methyl sites for hydroxylation is 1. The molecule has 0 atom stereocenters. The maximum Gasteiger partial charge on any atom is 0.261 e. The van der Waals surface area contributed by atoms with E-state index in [0.29, 0.717) is 9.21 Å². The van der Waals surface area contributed by atoms with Crippen molar-refractivity contribution in [3.05, 3.63) is 33.9 Å². The van der Waals surface area contributed by atoms with E-state index in [9.17, 15) is 13.2 Å². The Morgan fingerprint density at radius 2 is 2.19 bits per heavy atom. The van der Waals surface area contributed by atoms with Crippen LogP contribution in [0.15, 0.2) is 29.7 Å². The molecule has 0 aliphatic rings. The lowest BCUT2D eigenvalue weighted by Crippen LogP contribution is -2.34. The highest BCUT2D eigenvalue weighted by atomic mass is 35.5. The zero-order valence-electron chi connectivity index (χ0n) is 11.0. The lowest BCUT2D eigenvalue weighted by molar-refractivity contribution is 0.0958. The van der Waals surface area contributed by atoms with Gasteiger partial charge in [-0.15, -0.1) is 11.3 Å². The van der Waals surface area contributed by atoms with Gasteiger partial charge in [0.2, 0.25) is 0 Å². The maximum atomic E-state index is 11.8. The molecule has 2 rings (SSSR count). The third-order valence-corrected chi connectivity index (χ3v) is 5.03. The Balaban J connectivity index is 1.81. The van der Waals surface area contributed by atoms with Crippen molar-refractivity contribution in [2.45, 2.75) is 5.03 Å². The van der Waals surface area contributed by atoms with Crippen LogP contribution < -0.4 is 10.0 Å². The number of imidazole rings is 1. The van der Waals surface area contributed by atoms with E-state index in [2.05, 4.69) is 15.0 Å². The number of hydrogen-bond acceptors (Lipinski definition) is 5. The molecule has 1 amide bonds. The number of rotatable bonds is 6. The summed E-state index contributed by atoms with van der Waals surface area (Å²) in [6.07, 6.45) is 2.80. The van der Waals surface area contributed by atoms with E-state index >= 15 is 0 Å². The van der Waals surface area contributed by atoms with Gasteiger partial charge in [-0.3, -0.25) is 4.79 Å². The first-order chi connectivity index (χ1) is 9.88. The van der Waals surface area contributed by atoms with Gasteiger partial charge in [0, 0.05) is 26.3 Å². The number of carbonyl (C=O) groups is 1. The first kappa shape index (κ1) is 16.0. The van der Waals surface area contributed by atoms with Crippen LogP contribution in [0, 0.1) is 0 Å². The van der Waals surface area contributed by atoms with Gasteiger partial charge in [0.15, 0.2) is 5.03 Å². The molecule has 2 N–H and O–H groups in total. The molecule has 0 saturated heterocycles. The summed E-state index contributed by atoms with van der Waals surface area (Å²) in [5.74, 6) is -0.288. The van der Waals surface area contributed by atoms with Crippen LogP contribution >= 0.6 is 22.9 Å². The number of thiophene rings is 1. The lowest BCUT2D eigenvalue weighted by Gasteiger charge is -2.05. The minimum atomic E-state index is -3.65. The number of carbonyl (C=O) groups excluding carboxylic acids is 1. The van der Waals surface area contributed by atoms with Crippen LogP contribution in [0.1, 0.15) is 9.67 Å². The van der Waals surface area contributed by atoms with Crippen molar-refractivity contribution < 1.29 is 13.2 Å². The molecule has 2 aromatic heterocycles. The number of hydrogen-bond donors (Lipinski definition) is 2. The Morgan fingerprint density at radius 3 is 2.76 bits per heavy atom.